The van der Waals surface area contributed by atoms with Crippen molar-refractivity contribution in [2.24, 2.45) is 5.16 Å². The molecule has 0 spiro atoms. The summed E-state index contributed by atoms with van der Waals surface area (Å²) in [7, 11) is -2.04. The van der Waals surface area contributed by atoms with E-state index in [2.05, 4.69) is 9.44 Å². The molecule has 0 aliphatic heterocycles. The summed E-state index contributed by atoms with van der Waals surface area (Å²) in [6.45, 7) is 0. The van der Waals surface area contributed by atoms with Crippen LogP contribution in [0.3, 0.4) is 0 Å². The summed E-state index contributed by atoms with van der Waals surface area (Å²) < 4.78 is 31.1. The second-order valence-electron chi connectivity index (χ2n) is 5.10. The molecule has 0 N–H and O–H groups in total. The molecule has 0 radical (unpaired) electrons. The van der Waals surface area contributed by atoms with Crippen molar-refractivity contribution in [1.82, 2.24) is 0 Å². The van der Waals surface area contributed by atoms with Crippen LogP contribution in [0, 0.1) is 0 Å². The molecule has 0 bridgehead atoms. The van der Waals surface area contributed by atoms with Gasteiger partial charge in [0.15, 0.2) is 5.78 Å². The van der Waals surface area contributed by atoms with Crippen LogP contribution in [0.2, 0.25) is 0 Å². The smallest absolute Gasteiger partial charge is 0.325 e. The summed E-state index contributed by atoms with van der Waals surface area (Å²) in [6, 6.07) is 7.30. The SMILES string of the molecule is COc1ccc(CC(=O)C=C2C=CC(=NOS(C)(=O)=O)C=C2)cc1. The van der Waals surface area contributed by atoms with Crippen molar-refractivity contribution in [3.05, 3.63) is 65.8 Å². The zero-order chi connectivity index (χ0) is 17.6. The summed E-state index contributed by atoms with van der Waals surface area (Å²) in [6.07, 6.45) is 9.18. The third kappa shape index (κ3) is 5.85. The summed E-state index contributed by atoms with van der Waals surface area (Å²) in [5.41, 5.74) is 1.94. The Morgan fingerprint density at radius 1 is 1.12 bits per heavy atom. The summed E-state index contributed by atoms with van der Waals surface area (Å²) in [5.74, 6) is 0.697. The predicted molar refractivity (Wildman–Crippen MR) is 91.4 cm³/mol. The lowest BCUT2D eigenvalue weighted by Gasteiger charge is -2.04. The molecule has 0 saturated heterocycles. The monoisotopic (exact) mass is 347 g/mol. The van der Waals surface area contributed by atoms with Crippen molar-refractivity contribution >= 4 is 21.6 Å². The highest BCUT2D eigenvalue weighted by atomic mass is 32.2. The second kappa shape index (κ2) is 7.74. The van der Waals surface area contributed by atoms with Gasteiger partial charge in [0.1, 0.15) is 11.5 Å². The van der Waals surface area contributed by atoms with E-state index in [0.717, 1.165) is 17.6 Å². The van der Waals surface area contributed by atoms with Gasteiger partial charge in [0.05, 0.1) is 13.4 Å². The standard InChI is InChI=1S/C17H17NO5S/c1-22-17-9-5-14(6-10-17)12-16(19)11-13-3-7-15(8-4-13)18-23-24(2,20)21/h3-11H,12H2,1-2H3. The lowest BCUT2D eigenvalue weighted by molar-refractivity contribution is -0.114. The molecule has 6 nitrogen and oxygen atoms in total. The number of benzene rings is 1. The summed E-state index contributed by atoms with van der Waals surface area (Å²) >= 11 is 0. The number of ketones is 1. The van der Waals surface area contributed by atoms with E-state index >= 15 is 0 Å². The quantitative estimate of drug-likeness (QED) is 0.582. The highest BCUT2D eigenvalue weighted by Crippen LogP contribution is 2.13. The van der Waals surface area contributed by atoms with Crippen molar-refractivity contribution in [3.8, 4) is 5.75 Å². The number of hydrogen-bond donors (Lipinski definition) is 0. The number of ether oxygens (including phenoxy) is 1. The molecule has 7 heteroatoms. The Labute approximate surface area is 140 Å². The Bertz CT molecular complexity index is 812. The van der Waals surface area contributed by atoms with Crippen LogP contribution >= 0.6 is 0 Å². The molecule has 1 aromatic carbocycles. The molecule has 0 fully saturated rings. The van der Waals surface area contributed by atoms with Gasteiger partial charge >= 0.3 is 10.1 Å². The highest BCUT2D eigenvalue weighted by molar-refractivity contribution is 7.85. The van der Waals surface area contributed by atoms with Gasteiger partial charge in [0, 0.05) is 6.42 Å². The third-order valence-electron chi connectivity index (χ3n) is 3.04. The Morgan fingerprint density at radius 3 is 2.29 bits per heavy atom. The van der Waals surface area contributed by atoms with Gasteiger partial charge in [-0.1, -0.05) is 29.4 Å². The van der Waals surface area contributed by atoms with Crippen LogP contribution in [0.4, 0.5) is 0 Å². The maximum Gasteiger partial charge on any atom is 0.325 e. The van der Waals surface area contributed by atoms with Crippen molar-refractivity contribution in [3.63, 3.8) is 0 Å². The number of carbonyl (C=O) groups is 1. The Hall–Kier alpha value is -2.67. The average molecular weight is 347 g/mol. The lowest BCUT2D eigenvalue weighted by Crippen LogP contribution is -2.03. The number of allylic oxidation sites excluding steroid dienone is 6. The maximum absolute atomic E-state index is 12.1. The van der Waals surface area contributed by atoms with Gasteiger partial charge in [0.2, 0.25) is 0 Å². The molecule has 0 amide bonds. The first-order valence-corrected chi connectivity index (χ1v) is 8.87. The van der Waals surface area contributed by atoms with Crippen LogP contribution in [0.1, 0.15) is 5.56 Å². The number of rotatable bonds is 6. The van der Waals surface area contributed by atoms with E-state index in [1.165, 1.54) is 6.08 Å². The molecule has 2 rings (SSSR count). The fraction of sp³-hybridized carbons (Fsp3) is 0.176. The van der Waals surface area contributed by atoms with E-state index in [-0.39, 0.29) is 12.2 Å². The number of carbonyl (C=O) groups excluding carboxylic acids is 1. The van der Waals surface area contributed by atoms with Crippen LogP contribution in [0.25, 0.3) is 0 Å². The molecule has 1 aliphatic rings. The Morgan fingerprint density at radius 2 is 1.75 bits per heavy atom. The van der Waals surface area contributed by atoms with Crippen LogP contribution in [0.15, 0.2) is 65.4 Å². The molecule has 1 aliphatic carbocycles. The van der Waals surface area contributed by atoms with Crippen LogP contribution in [-0.4, -0.2) is 33.3 Å². The normalized spacial score (nSPS) is 13.6. The first kappa shape index (κ1) is 17.7. The van der Waals surface area contributed by atoms with Crippen molar-refractivity contribution in [2.45, 2.75) is 6.42 Å². The first-order valence-electron chi connectivity index (χ1n) is 7.06. The molecule has 0 saturated carbocycles. The minimum absolute atomic E-state index is 0.0442. The van der Waals surface area contributed by atoms with Crippen molar-refractivity contribution in [2.75, 3.05) is 13.4 Å². The van der Waals surface area contributed by atoms with E-state index in [4.69, 9.17) is 4.74 Å². The summed E-state index contributed by atoms with van der Waals surface area (Å²) in [4.78, 5) is 12.1. The van der Waals surface area contributed by atoms with E-state index in [9.17, 15) is 13.2 Å². The van der Waals surface area contributed by atoms with E-state index < -0.39 is 10.1 Å². The van der Waals surface area contributed by atoms with Crippen LogP contribution in [-0.2, 0) is 25.6 Å². The van der Waals surface area contributed by atoms with Gasteiger partial charge < -0.3 is 4.74 Å². The molecule has 126 valence electrons. The number of nitrogens with zero attached hydrogens (tertiary/aromatic N) is 1. The largest absolute Gasteiger partial charge is 0.497 e. The zero-order valence-corrected chi connectivity index (χ0v) is 14.1. The number of hydrogen-bond acceptors (Lipinski definition) is 6. The highest BCUT2D eigenvalue weighted by Gasteiger charge is 2.05. The van der Waals surface area contributed by atoms with Gasteiger partial charge in [-0.25, -0.2) is 0 Å². The molecule has 0 unspecified atom stereocenters. The minimum atomic E-state index is -3.63. The molecule has 0 aromatic heterocycles. The average Bonchev–Trinajstić information content (AvgIpc) is 2.54. The topological polar surface area (TPSA) is 82.0 Å². The van der Waals surface area contributed by atoms with Crippen LogP contribution in [0.5, 0.6) is 5.75 Å². The molecular formula is C17H17NO5S. The minimum Gasteiger partial charge on any atom is -0.497 e. The fourth-order valence-corrected chi connectivity index (χ4v) is 2.15. The van der Waals surface area contributed by atoms with E-state index in [0.29, 0.717) is 11.3 Å². The third-order valence-corrected chi connectivity index (χ3v) is 3.38. The summed E-state index contributed by atoms with van der Waals surface area (Å²) in [5, 5.41) is 3.48. The van der Waals surface area contributed by atoms with Crippen molar-refractivity contribution in [1.29, 1.82) is 0 Å². The van der Waals surface area contributed by atoms with Gasteiger partial charge in [-0.3, -0.25) is 9.08 Å². The van der Waals surface area contributed by atoms with E-state index in [1.807, 2.05) is 12.1 Å². The number of oxime groups is 1. The lowest BCUT2D eigenvalue weighted by atomic mass is 10.0. The van der Waals surface area contributed by atoms with Gasteiger partial charge in [-0.05, 0) is 41.5 Å². The van der Waals surface area contributed by atoms with Gasteiger partial charge in [0.25, 0.3) is 0 Å². The Kier molecular flexibility index (Phi) is 5.70. The second-order valence-corrected chi connectivity index (χ2v) is 6.65. The van der Waals surface area contributed by atoms with Crippen molar-refractivity contribution < 1.29 is 22.2 Å². The molecule has 24 heavy (non-hydrogen) atoms. The van der Waals surface area contributed by atoms with Gasteiger partial charge in [-0.2, -0.15) is 8.42 Å². The Balaban J connectivity index is 1.97. The number of methoxy groups -OCH3 is 1. The maximum atomic E-state index is 12.1. The van der Waals surface area contributed by atoms with E-state index in [1.54, 1.807) is 43.5 Å². The first-order chi connectivity index (χ1) is 11.4. The zero-order valence-electron chi connectivity index (χ0n) is 13.3. The van der Waals surface area contributed by atoms with Crippen LogP contribution < -0.4 is 4.74 Å². The predicted octanol–water partition coefficient (Wildman–Crippen LogP) is 2.19. The molecular weight excluding hydrogens is 330 g/mol. The fourth-order valence-electron chi connectivity index (χ4n) is 1.92. The molecule has 1 aromatic rings. The molecule has 0 atom stereocenters. The molecule has 0 heterocycles. The van der Waals surface area contributed by atoms with Gasteiger partial charge in [-0.15, -0.1) is 0 Å².